The van der Waals surface area contributed by atoms with Gasteiger partial charge in [-0.1, -0.05) is 54.1 Å². The van der Waals surface area contributed by atoms with Gasteiger partial charge >= 0.3 is 0 Å². The smallest absolute Gasteiger partial charge is 0.0408 e. The van der Waals surface area contributed by atoms with Crippen molar-refractivity contribution in [3.05, 3.63) is 70.7 Å². The van der Waals surface area contributed by atoms with Crippen LogP contribution in [0.5, 0.6) is 0 Å². The van der Waals surface area contributed by atoms with Gasteiger partial charge in [0.15, 0.2) is 0 Å². The lowest BCUT2D eigenvalue weighted by atomic mass is 9.77. The normalized spacial score (nSPS) is 23.2. The van der Waals surface area contributed by atoms with Crippen LogP contribution >= 0.6 is 11.6 Å². The van der Waals surface area contributed by atoms with Crippen molar-refractivity contribution in [1.29, 1.82) is 0 Å². The summed E-state index contributed by atoms with van der Waals surface area (Å²) in [4.78, 5) is 0. The Kier molecular flexibility index (Phi) is 3.86. The molecule has 0 aromatic heterocycles. The zero-order chi connectivity index (χ0) is 13.1. The van der Waals surface area contributed by atoms with Crippen LogP contribution in [0, 0.1) is 0 Å². The van der Waals surface area contributed by atoms with Gasteiger partial charge < -0.3 is 5.32 Å². The Morgan fingerprint density at radius 3 is 2.47 bits per heavy atom. The predicted molar refractivity (Wildman–Crippen MR) is 80.9 cm³/mol. The highest BCUT2D eigenvalue weighted by Crippen LogP contribution is 2.37. The van der Waals surface area contributed by atoms with Crippen LogP contribution in [0.2, 0.25) is 5.02 Å². The topological polar surface area (TPSA) is 12.0 Å². The third-order valence-corrected chi connectivity index (χ3v) is 4.22. The lowest BCUT2D eigenvalue weighted by Crippen LogP contribution is -2.34. The molecule has 2 heteroatoms. The van der Waals surface area contributed by atoms with Crippen LogP contribution in [-0.2, 0) is 0 Å². The summed E-state index contributed by atoms with van der Waals surface area (Å²) in [6.45, 7) is 2.12. The third-order valence-electron chi connectivity index (χ3n) is 3.99. The van der Waals surface area contributed by atoms with Crippen molar-refractivity contribution in [2.24, 2.45) is 0 Å². The van der Waals surface area contributed by atoms with E-state index in [0.29, 0.717) is 11.8 Å². The van der Waals surface area contributed by atoms with E-state index in [1.54, 1.807) is 0 Å². The summed E-state index contributed by atoms with van der Waals surface area (Å²) < 4.78 is 0. The second kappa shape index (κ2) is 5.77. The fourth-order valence-corrected chi connectivity index (χ4v) is 3.24. The van der Waals surface area contributed by atoms with E-state index >= 15 is 0 Å². The molecule has 0 radical (unpaired) electrons. The molecular weight excluding hydrogens is 254 g/mol. The molecule has 2 aromatic rings. The average molecular weight is 272 g/mol. The molecule has 3 rings (SSSR count). The molecule has 1 saturated heterocycles. The Morgan fingerprint density at radius 1 is 0.895 bits per heavy atom. The second-order valence-electron chi connectivity index (χ2n) is 5.17. The van der Waals surface area contributed by atoms with Gasteiger partial charge in [0.1, 0.15) is 0 Å². The molecule has 0 saturated carbocycles. The lowest BCUT2D eigenvalue weighted by Gasteiger charge is -2.33. The monoisotopic (exact) mass is 271 g/mol. The van der Waals surface area contributed by atoms with Crippen LogP contribution in [0.4, 0.5) is 0 Å². The van der Waals surface area contributed by atoms with E-state index in [9.17, 15) is 0 Å². The summed E-state index contributed by atoms with van der Waals surface area (Å²) in [6, 6.07) is 19.1. The zero-order valence-corrected chi connectivity index (χ0v) is 11.6. The summed E-state index contributed by atoms with van der Waals surface area (Å²) in [5, 5.41) is 4.34. The number of nitrogens with one attached hydrogen (secondary N) is 1. The first kappa shape index (κ1) is 12.7. The van der Waals surface area contributed by atoms with Gasteiger partial charge in [0.05, 0.1) is 0 Å². The number of benzene rings is 2. The van der Waals surface area contributed by atoms with Crippen molar-refractivity contribution < 1.29 is 0 Å². The number of piperidine rings is 1. The molecule has 2 aromatic carbocycles. The third kappa shape index (κ3) is 2.83. The highest BCUT2D eigenvalue weighted by Gasteiger charge is 2.27. The molecule has 0 bridgehead atoms. The SMILES string of the molecule is Clc1cccc([C@H]2CNCC[C@@H]2c2ccccc2)c1. The standard InChI is InChI=1S/C17H18ClN/c18-15-8-4-7-14(11-15)17-12-19-10-9-16(17)13-5-2-1-3-6-13/h1-8,11,16-17,19H,9-10,12H2/t16-,17-/m1/s1. The van der Waals surface area contributed by atoms with Crippen LogP contribution in [0.25, 0.3) is 0 Å². The number of rotatable bonds is 2. The van der Waals surface area contributed by atoms with Crippen molar-refractivity contribution in [2.45, 2.75) is 18.3 Å². The predicted octanol–water partition coefficient (Wildman–Crippen LogP) is 4.20. The highest BCUT2D eigenvalue weighted by molar-refractivity contribution is 6.30. The first-order valence-electron chi connectivity index (χ1n) is 6.86. The van der Waals surface area contributed by atoms with Gasteiger partial charge in [0.25, 0.3) is 0 Å². The van der Waals surface area contributed by atoms with Crippen LogP contribution in [-0.4, -0.2) is 13.1 Å². The Labute approximate surface area is 119 Å². The second-order valence-corrected chi connectivity index (χ2v) is 5.61. The van der Waals surface area contributed by atoms with Crippen LogP contribution in [0.1, 0.15) is 29.4 Å². The van der Waals surface area contributed by atoms with Gasteiger partial charge in [-0.2, -0.15) is 0 Å². The van der Waals surface area contributed by atoms with Gasteiger partial charge in [-0.15, -0.1) is 0 Å². The van der Waals surface area contributed by atoms with Crippen molar-refractivity contribution in [2.75, 3.05) is 13.1 Å². The molecule has 1 N–H and O–H groups in total. The molecule has 0 unspecified atom stereocenters. The largest absolute Gasteiger partial charge is 0.316 e. The molecular formula is C17H18ClN. The fourth-order valence-electron chi connectivity index (χ4n) is 3.05. The average Bonchev–Trinajstić information content (AvgIpc) is 2.48. The van der Waals surface area contributed by atoms with E-state index in [0.717, 1.165) is 18.1 Å². The number of hydrogen-bond acceptors (Lipinski definition) is 1. The van der Waals surface area contributed by atoms with E-state index in [2.05, 4.69) is 47.8 Å². The minimum atomic E-state index is 0.509. The van der Waals surface area contributed by atoms with Gasteiger partial charge in [-0.25, -0.2) is 0 Å². The summed E-state index contributed by atoms with van der Waals surface area (Å²) in [5.74, 6) is 1.09. The zero-order valence-electron chi connectivity index (χ0n) is 10.9. The molecule has 19 heavy (non-hydrogen) atoms. The minimum Gasteiger partial charge on any atom is -0.316 e. The first-order valence-corrected chi connectivity index (χ1v) is 7.23. The Bertz CT molecular complexity index is 538. The van der Waals surface area contributed by atoms with Crippen molar-refractivity contribution in [1.82, 2.24) is 5.32 Å². The minimum absolute atomic E-state index is 0.509. The van der Waals surface area contributed by atoms with E-state index < -0.39 is 0 Å². The van der Waals surface area contributed by atoms with Crippen LogP contribution < -0.4 is 5.32 Å². The number of hydrogen-bond donors (Lipinski definition) is 1. The Balaban J connectivity index is 1.93. The van der Waals surface area contributed by atoms with E-state index in [4.69, 9.17) is 11.6 Å². The summed E-state index contributed by atoms with van der Waals surface area (Å²) >= 11 is 6.14. The van der Waals surface area contributed by atoms with Gasteiger partial charge in [-0.05, 0) is 42.1 Å². The first-order chi connectivity index (χ1) is 9.34. The molecule has 0 spiro atoms. The molecule has 2 atom stereocenters. The van der Waals surface area contributed by atoms with Crippen molar-refractivity contribution in [3.8, 4) is 0 Å². The molecule has 98 valence electrons. The maximum absolute atomic E-state index is 6.14. The van der Waals surface area contributed by atoms with E-state index in [-0.39, 0.29) is 0 Å². The van der Waals surface area contributed by atoms with Crippen LogP contribution in [0.15, 0.2) is 54.6 Å². The summed E-state index contributed by atoms with van der Waals surface area (Å²) in [5.41, 5.74) is 2.78. The molecule has 0 aliphatic carbocycles. The summed E-state index contributed by atoms with van der Waals surface area (Å²) in [7, 11) is 0. The molecule has 1 heterocycles. The Morgan fingerprint density at radius 2 is 1.68 bits per heavy atom. The van der Waals surface area contributed by atoms with Crippen molar-refractivity contribution in [3.63, 3.8) is 0 Å². The summed E-state index contributed by atoms with van der Waals surface area (Å²) in [6.07, 6.45) is 1.18. The quantitative estimate of drug-likeness (QED) is 0.863. The molecule has 1 aliphatic rings. The van der Waals surface area contributed by atoms with Gasteiger partial charge in [0.2, 0.25) is 0 Å². The molecule has 1 nitrogen and oxygen atoms in total. The van der Waals surface area contributed by atoms with Crippen molar-refractivity contribution >= 4 is 11.6 Å². The van der Waals surface area contributed by atoms with E-state index in [1.807, 2.05) is 12.1 Å². The highest BCUT2D eigenvalue weighted by atomic mass is 35.5. The lowest BCUT2D eigenvalue weighted by molar-refractivity contribution is 0.404. The molecule has 1 fully saturated rings. The maximum Gasteiger partial charge on any atom is 0.0408 e. The van der Waals surface area contributed by atoms with Gasteiger partial charge in [0, 0.05) is 17.5 Å². The molecule has 1 aliphatic heterocycles. The van der Waals surface area contributed by atoms with Gasteiger partial charge in [-0.3, -0.25) is 0 Å². The van der Waals surface area contributed by atoms with Crippen LogP contribution in [0.3, 0.4) is 0 Å². The maximum atomic E-state index is 6.14. The fraction of sp³-hybridized carbons (Fsp3) is 0.294. The Hall–Kier alpha value is -1.31. The number of halogens is 1. The molecule has 0 amide bonds. The van der Waals surface area contributed by atoms with E-state index in [1.165, 1.54) is 17.5 Å².